The first kappa shape index (κ1) is 14.3. The van der Waals surface area contributed by atoms with Crippen molar-refractivity contribution in [3.8, 4) is 0 Å². The summed E-state index contributed by atoms with van der Waals surface area (Å²) in [6.07, 6.45) is 1.97. The third-order valence-corrected chi connectivity index (χ3v) is 2.36. The molecule has 0 spiro atoms. The minimum absolute atomic E-state index is 0.124. The summed E-state index contributed by atoms with van der Waals surface area (Å²) in [7, 11) is 0. The number of hydrogen-bond donors (Lipinski definition) is 1. The summed E-state index contributed by atoms with van der Waals surface area (Å²) < 4.78 is 18.6. The highest BCUT2D eigenvalue weighted by Gasteiger charge is 2.14. The van der Waals surface area contributed by atoms with Crippen LogP contribution in [0.15, 0.2) is 6.33 Å². The van der Waals surface area contributed by atoms with Gasteiger partial charge in [-0.15, -0.1) is 0 Å². The average molecular weight is 255 g/mol. The molecule has 0 saturated heterocycles. The lowest BCUT2D eigenvalue weighted by atomic mass is 10.2. The fourth-order valence-corrected chi connectivity index (χ4v) is 1.51. The van der Waals surface area contributed by atoms with Gasteiger partial charge in [0.25, 0.3) is 0 Å². The molecule has 1 rings (SSSR count). The second-order valence-electron chi connectivity index (χ2n) is 3.89. The predicted molar refractivity (Wildman–Crippen MR) is 65.7 cm³/mol. The molecule has 0 aliphatic carbocycles. The van der Waals surface area contributed by atoms with Crippen LogP contribution in [-0.4, -0.2) is 28.6 Å². The van der Waals surface area contributed by atoms with Crippen molar-refractivity contribution >= 4 is 11.8 Å². The molecule has 1 aromatic rings. The van der Waals surface area contributed by atoms with Crippen molar-refractivity contribution in [1.82, 2.24) is 9.97 Å². The zero-order valence-corrected chi connectivity index (χ0v) is 10.9. The van der Waals surface area contributed by atoms with Crippen molar-refractivity contribution < 1.29 is 13.9 Å². The van der Waals surface area contributed by atoms with Crippen LogP contribution in [0.1, 0.15) is 32.9 Å². The summed E-state index contributed by atoms with van der Waals surface area (Å²) in [4.78, 5) is 18.9. The molecule has 5 nitrogen and oxygen atoms in total. The van der Waals surface area contributed by atoms with Gasteiger partial charge in [0, 0.05) is 6.04 Å². The van der Waals surface area contributed by atoms with Crippen LogP contribution in [0, 0.1) is 5.82 Å². The van der Waals surface area contributed by atoms with Crippen LogP contribution in [0.25, 0.3) is 0 Å². The van der Waals surface area contributed by atoms with E-state index in [1.807, 2.05) is 6.92 Å². The molecule has 1 N–H and O–H groups in total. The second kappa shape index (κ2) is 6.88. The van der Waals surface area contributed by atoms with Crippen molar-refractivity contribution in [2.45, 2.75) is 39.7 Å². The smallest absolute Gasteiger partial charge is 0.307 e. The van der Waals surface area contributed by atoms with Gasteiger partial charge in [0.15, 0.2) is 11.6 Å². The van der Waals surface area contributed by atoms with Crippen molar-refractivity contribution in [3.63, 3.8) is 0 Å². The van der Waals surface area contributed by atoms with E-state index in [9.17, 15) is 9.18 Å². The molecule has 0 aliphatic heterocycles. The third kappa shape index (κ3) is 3.94. The Morgan fingerprint density at radius 3 is 2.83 bits per heavy atom. The monoisotopic (exact) mass is 255 g/mol. The Hall–Kier alpha value is -1.72. The Morgan fingerprint density at radius 2 is 2.22 bits per heavy atom. The molecule has 1 heterocycles. The Balaban J connectivity index is 2.64. The van der Waals surface area contributed by atoms with Gasteiger partial charge in [0.1, 0.15) is 6.33 Å². The van der Waals surface area contributed by atoms with Crippen LogP contribution < -0.4 is 5.32 Å². The van der Waals surface area contributed by atoms with Gasteiger partial charge in [-0.25, -0.2) is 14.4 Å². The summed E-state index contributed by atoms with van der Waals surface area (Å²) in [5, 5.41) is 2.85. The standard InChI is InChI=1S/C12H18FN3O2/c1-4-9-11(13)12(15-7-14-9)16-8(3)6-10(17)18-5-2/h7-8H,4-6H2,1-3H3,(H,14,15,16). The van der Waals surface area contributed by atoms with Crippen molar-refractivity contribution in [1.29, 1.82) is 0 Å². The van der Waals surface area contributed by atoms with E-state index in [4.69, 9.17) is 4.74 Å². The van der Waals surface area contributed by atoms with E-state index >= 15 is 0 Å². The van der Waals surface area contributed by atoms with E-state index in [0.29, 0.717) is 18.7 Å². The van der Waals surface area contributed by atoms with Crippen molar-refractivity contribution in [2.75, 3.05) is 11.9 Å². The van der Waals surface area contributed by atoms with E-state index in [2.05, 4.69) is 15.3 Å². The summed E-state index contributed by atoms with van der Waals surface area (Å²) in [5.74, 6) is -0.656. The highest BCUT2D eigenvalue weighted by atomic mass is 19.1. The number of rotatable bonds is 6. The molecule has 100 valence electrons. The van der Waals surface area contributed by atoms with Crippen LogP contribution in [-0.2, 0) is 16.0 Å². The maximum absolute atomic E-state index is 13.8. The third-order valence-electron chi connectivity index (χ3n) is 2.36. The van der Waals surface area contributed by atoms with Crippen LogP contribution in [0.3, 0.4) is 0 Å². The fourth-order valence-electron chi connectivity index (χ4n) is 1.51. The van der Waals surface area contributed by atoms with Crippen LogP contribution in [0.4, 0.5) is 10.2 Å². The Morgan fingerprint density at radius 1 is 1.50 bits per heavy atom. The highest BCUT2D eigenvalue weighted by Crippen LogP contribution is 2.15. The number of aromatic nitrogens is 2. The summed E-state index contributed by atoms with van der Waals surface area (Å²) in [6, 6.07) is -0.252. The van der Waals surface area contributed by atoms with Crippen molar-refractivity contribution in [2.24, 2.45) is 0 Å². The minimum atomic E-state index is -0.462. The highest BCUT2D eigenvalue weighted by molar-refractivity contribution is 5.70. The Labute approximate surface area is 106 Å². The lowest BCUT2D eigenvalue weighted by molar-refractivity contribution is -0.143. The number of esters is 1. The zero-order valence-electron chi connectivity index (χ0n) is 10.9. The molecule has 0 radical (unpaired) electrons. The average Bonchev–Trinajstić information content (AvgIpc) is 2.32. The van der Waals surface area contributed by atoms with Gasteiger partial charge >= 0.3 is 5.97 Å². The molecule has 1 atom stereocenters. The van der Waals surface area contributed by atoms with Gasteiger partial charge in [0.2, 0.25) is 0 Å². The van der Waals surface area contributed by atoms with Gasteiger partial charge in [-0.3, -0.25) is 4.79 Å². The number of carbonyl (C=O) groups is 1. The van der Waals surface area contributed by atoms with Crippen molar-refractivity contribution in [3.05, 3.63) is 17.8 Å². The fraction of sp³-hybridized carbons (Fsp3) is 0.583. The van der Waals surface area contributed by atoms with Crippen LogP contribution in [0.5, 0.6) is 0 Å². The van der Waals surface area contributed by atoms with E-state index < -0.39 is 5.82 Å². The molecule has 0 amide bonds. The molecule has 0 bridgehead atoms. The van der Waals surface area contributed by atoms with Gasteiger partial charge < -0.3 is 10.1 Å². The van der Waals surface area contributed by atoms with Gasteiger partial charge in [-0.2, -0.15) is 0 Å². The molecule has 18 heavy (non-hydrogen) atoms. The number of anilines is 1. The summed E-state index contributed by atoms with van der Waals surface area (Å²) in [6.45, 7) is 5.67. The molecule has 0 aromatic carbocycles. The Bertz CT molecular complexity index is 412. The molecule has 0 saturated carbocycles. The molecule has 6 heteroatoms. The zero-order chi connectivity index (χ0) is 13.5. The SMILES string of the molecule is CCOC(=O)CC(C)Nc1ncnc(CC)c1F. The van der Waals surface area contributed by atoms with Gasteiger partial charge in [0.05, 0.1) is 18.7 Å². The van der Waals surface area contributed by atoms with E-state index in [0.717, 1.165) is 0 Å². The number of halogens is 1. The summed E-state index contributed by atoms with van der Waals surface area (Å²) >= 11 is 0. The van der Waals surface area contributed by atoms with E-state index in [1.54, 1.807) is 13.8 Å². The number of ether oxygens (including phenoxy) is 1. The lowest BCUT2D eigenvalue weighted by Gasteiger charge is -2.14. The first-order valence-electron chi connectivity index (χ1n) is 6.00. The van der Waals surface area contributed by atoms with Crippen LogP contribution in [0.2, 0.25) is 0 Å². The minimum Gasteiger partial charge on any atom is -0.466 e. The molecular weight excluding hydrogens is 237 g/mol. The van der Waals surface area contributed by atoms with Gasteiger partial charge in [-0.05, 0) is 20.3 Å². The maximum Gasteiger partial charge on any atom is 0.307 e. The van der Waals surface area contributed by atoms with E-state index in [1.165, 1.54) is 6.33 Å². The summed E-state index contributed by atoms with van der Waals surface area (Å²) in [5.41, 5.74) is 0.357. The second-order valence-corrected chi connectivity index (χ2v) is 3.89. The molecule has 0 aliphatic rings. The molecule has 0 fully saturated rings. The molecule has 1 aromatic heterocycles. The first-order valence-corrected chi connectivity index (χ1v) is 6.00. The molecule has 1 unspecified atom stereocenters. The quantitative estimate of drug-likeness (QED) is 0.787. The number of nitrogens with zero attached hydrogens (tertiary/aromatic N) is 2. The molecular formula is C12H18FN3O2. The first-order chi connectivity index (χ1) is 8.58. The Kier molecular flexibility index (Phi) is 5.48. The lowest BCUT2D eigenvalue weighted by Crippen LogP contribution is -2.22. The topological polar surface area (TPSA) is 64.1 Å². The van der Waals surface area contributed by atoms with Gasteiger partial charge in [-0.1, -0.05) is 6.92 Å². The van der Waals surface area contributed by atoms with E-state index in [-0.39, 0.29) is 24.2 Å². The van der Waals surface area contributed by atoms with Crippen LogP contribution >= 0.6 is 0 Å². The number of carbonyl (C=O) groups excluding carboxylic acids is 1. The number of aryl methyl sites for hydroxylation is 1. The normalized spacial score (nSPS) is 12.0. The largest absolute Gasteiger partial charge is 0.466 e. The predicted octanol–water partition coefficient (Wildman–Crippen LogP) is 1.93. The number of nitrogens with one attached hydrogen (secondary N) is 1. The maximum atomic E-state index is 13.8. The number of hydrogen-bond acceptors (Lipinski definition) is 5.